The van der Waals surface area contributed by atoms with Gasteiger partial charge in [-0.3, -0.25) is 9.59 Å². The number of para-hydroxylation sites is 1. The van der Waals surface area contributed by atoms with Crippen LogP contribution in [0.4, 0.5) is 5.69 Å². The van der Waals surface area contributed by atoms with E-state index in [2.05, 4.69) is 5.32 Å². The summed E-state index contributed by atoms with van der Waals surface area (Å²) in [7, 11) is 1.61. The number of carbonyl (C=O) groups excluding carboxylic acids is 2. The Bertz CT molecular complexity index is 669. The number of anilines is 1. The molecule has 0 spiro atoms. The molecule has 0 atom stereocenters. The van der Waals surface area contributed by atoms with Gasteiger partial charge in [-0.25, -0.2) is 0 Å². The Balaban J connectivity index is 1.87. The molecule has 2 rings (SSSR count). The minimum atomic E-state index is -0.287. The van der Waals surface area contributed by atoms with E-state index in [0.29, 0.717) is 13.1 Å². The van der Waals surface area contributed by atoms with Gasteiger partial charge in [-0.1, -0.05) is 30.3 Å². The van der Waals surface area contributed by atoms with E-state index in [9.17, 15) is 9.59 Å². The minimum Gasteiger partial charge on any atom is -0.497 e. The summed E-state index contributed by atoms with van der Waals surface area (Å²) in [6.07, 6.45) is -0.168. The van der Waals surface area contributed by atoms with Crippen LogP contribution in [0, 0.1) is 0 Å². The standard InChI is InChI=1S/C19H22N2O3/c1-3-21(16-7-5-4-6-8-16)19(23)13-18(22)20-14-15-9-11-17(24-2)12-10-15/h4-12H,3,13-14H2,1-2H3,(H,20,22). The lowest BCUT2D eigenvalue weighted by Gasteiger charge is -2.20. The first-order chi connectivity index (χ1) is 11.6. The van der Waals surface area contributed by atoms with Gasteiger partial charge in [0, 0.05) is 18.8 Å². The monoisotopic (exact) mass is 326 g/mol. The van der Waals surface area contributed by atoms with Gasteiger partial charge in [-0.15, -0.1) is 0 Å². The van der Waals surface area contributed by atoms with Gasteiger partial charge in [0.05, 0.1) is 7.11 Å². The van der Waals surface area contributed by atoms with Crippen LogP contribution in [0.5, 0.6) is 5.75 Å². The third-order valence-corrected chi connectivity index (χ3v) is 3.65. The van der Waals surface area contributed by atoms with E-state index >= 15 is 0 Å². The first kappa shape index (κ1) is 17.5. The highest BCUT2D eigenvalue weighted by atomic mass is 16.5. The third kappa shape index (κ3) is 4.84. The molecule has 0 unspecified atom stereocenters. The average molecular weight is 326 g/mol. The SMILES string of the molecule is CCN(C(=O)CC(=O)NCc1ccc(OC)cc1)c1ccccc1. The third-order valence-electron chi connectivity index (χ3n) is 3.65. The number of rotatable bonds is 7. The predicted octanol–water partition coefficient (Wildman–Crippen LogP) is 2.75. The summed E-state index contributed by atoms with van der Waals surface area (Å²) in [5, 5.41) is 2.77. The van der Waals surface area contributed by atoms with Crippen molar-refractivity contribution in [1.29, 1.82) is 0 Å². The first-order valence-corrected chi connectivity index (χ1v) is 7.89. The van der Waals surface area contributed by atoms with Crippen molar-refractivity contribution in [3.8, 4) is 5.75 Å². The van der Waals surface area contributed by atoms with Crippen LogP contribution in [-0.4, -0.2) is 25.5 Å². The van der Waals surface area contributed by atoms with Crippen molar-refractivity contribution in [2.45, 2.75) is 19.9 Å². The number of carbonyl (C=O) groups is 2. The smallest absolute Gasteiger partial charge is 0.236 e. The Hall–Kier alpha value is -2.82. The van der Waals surface area contributed by atoms with Crippen LogP contribution in [0.3, 0.4) is 0 Å². The van der Waals surface area contributed by atoms with Gasteiger partial charge in [0.25, 0.3) is 0 Å². The number of hydrogen-bond acceptors (Lipinski definition) is 3. The fourth-order valence-corrected chi connectivity index (χ4v) is 2.35. The second kappa shape index (κ2) is 8.72. The molecule has 2 amide bonds. The maximum atomic E-state index is 12.3. The highest BCUT2D eigenvalue weighted by Crippen LogP contribution is 2.14. The lowest BCUT2D eigenvalue weighted by Crippen LogP contribution is -2.35. The van der Waals surface area contributed by atoms with Crippen molar-refractivity contribution < 1.29 is 14.3 Å². The van der Waals surface area contributed by atoms with Crippen LogP contribution < -0.4 is 15.0 Å². The molecule has 2 aromatic carbocycles. The van der Waals surface area contributed by atoms with E-state index in [0.717, 1.165) is 17.0 Å². The molecule has 5 heteroatoms. The number of ether oxygens (including phenoxy) is 1. The Kier molecular flexibility index (Phi) is 6.37. The normalized spacial score (nSPS) is 10.1. The molecule has 0 saturated heterocycles. The molecule has 0 bridgehead atoms. The molecule has 0 saturated carbocycles. The zero-order valence-electron chi connectivity index (χ0n) is 14.0. The molecular weight excluding hydrogens is 304 g/mol. The molecule has 0 aromatic heterocycles. The first-order valence-electron chi connectivity index (χ1n) is 7.89. The van der Waals surface area contributed by atoms with Crippen molar-refractivity contribution in [2.75, 3.05) is 18.6 Å². The van der Waals surface area contributed by atoms with E-state index in [1.54, 1.807) is 12.0 Å². The lowest BCUT2D eigenvalue weighted by molar-refractivity contribution is -0.128. The molecule has 1 N–H and O–H groups in total. The number of methoxy groups -OCH3 is 1. The van der Waals surface area contributed by atoms with Crippen LogP contribution >= 0.6 is 0 Å². The number of amides is 2. The maximum Gasteiger partial charge on any atom is 0.236 e. The lowest BCUT2D eigenvalue weighted by atomic mass is 10.2. The van der Waals surface area contributed by atoms with Gasteiger partial charge in [-0.05, 0) is 36.8 Å². The van der Waals surface area contributed by atoms with Crippen LogP contribution in [0.1, 0.15) is 18.9 Å². The Morgan fingerprint density at radius 3 is 2.29 bits per heavy atom. The van der Waals surface area contributed by atoms with E-state index in [-0.39, 0.29) is 18.2 Å². The summed E-state index contributed by atoms with van der Waals surface area (Å²) in [4.78, 5) is 26.0. The fourth-order valence-electron chi connectivity index (χ4n) is 2.35. The molecule has 0 fully saturated rings. The van der Waals surface area contributed by atoms with Crippen molar-refractivity contribution in [2.24, 2.45) is 0 Å². The quantitative estimate of drug-likeness (QED) is 0.796. The van der Waals surface area contributed by atoms with Crippen LogP contribution in [0.25, 0.3) is 0 Å². The molecule has 2 aromatic rings. The number of nitrogens with one attached hydrogen (secondary N) is 1. The Labute approximate surface area is 142 Å². The summed E-state index contributed by atoms with van der Waals surface area (Å²) in [6.45, 7) is 2.79. The average Bonchev–Trinajstić information content (AvgIpc) is 2.62. The van der Waals surface area contributed by atoms with Gasteiger partial charge in [0.1, 0.15) is 12.2 Å². The van der Waals surface area contributed by atoms with E-state index < -0.39 is 0 Å². The molecule has 24 heavy (non-hydrogen) atoms. The molecule has 126 valence electrons. The maximum absolute atomic E-state index is 12.3. The molecular formula is C19H22N2O3. The highest BCUT2D eigenvalue weighted by Gasteiger charge is 2.17. The zero-order valence-corrected chi connectivity index (χ0v) is 14.0. The second-order valence-electron chi connectivity index (χ2n) is 5.28. The van der Waals surface area contributed by atoms with Gasteiger partial charge in [0.2, 0.25) is 11.8 Å². The van der Waals surface area contributed by atoms with Crippen molar-refractivity contribution in [1.82, 2.24) is 5.32 Å². The van der Waals surface area contributed by atoms with E-state index in [4.69, 9.17) is 4.74 Å². The summed E-state index contributed by atoms with van der Waals surface area (Å²) in [5.41, 5.74) is 1.75. The van der Waals surface area contributed by atoms with Crippen molar-refractivity contribution >= 4 is 17.5 Å². The molecule has 0 aliphatic rings. The number of benzene rings is 2. The van der Waals surface area contributed by atoms with E-state index in [1.165, 1.54) is 0 Å². The minimum absolute atomic E-state index is 0.168. The fraction of sp³-hybridized carbons (Fsp3) is 0.263. The Morgan fingerprint density at radius 2 is 1.71 bits per heavy atom. The molecule has 0 heterocycles. The Morgan fingerprint density at radius 1 is 1.04 bits per heavy atom. The molecule has 0 aliphatic carbocycles. The van der Waals surface area contributed by atoms with E-state index in [1.807, 2.05) is 61.5 Å². The number of nitrogens with zero attached hydrogens (tertiary/aromatic N) is 1. The highest BCUT2D eigenvalue weighted by molar-refractivity contribution is 6.04. The topological polar surface area (TPSA) is 58.6 Å². The summed E-state index contributed by atoms with van der Waals surface area (Å²) in [6, 6.07) is 16.8. The van der Waals surface area contributed by atoms with Gasteiger partial charge < -0.3 is 15.0 Å². The van der Waals surface area contributed by atoms with Crippen molar-refractivity contribution in [3.05, 3.63) is 60.2 Å². The van der Waals surface area contributed by atoms with Gasteiger partial charge in [0.15, 0.2) is 0 Å². The van der Waals surface area contributed by atoms with Crippen LogP contribution in [0.2, 0.25) is 0 Å². The zero-order chi connectivity index (χ0) is 17.4. The molecule has 0 radical (unpaired) electrons. The van der Waals surface area contributed by atoms with Gasteiger partial charge in [-0.2, -0.15) is 0 Å². The largest absolute Gasteiger partial charge is 0.497 e. The van der Waals surface area contributed by atoms with Gasteiger partial charge >= 0.3 is 0 Å². The summed E-state index contributed by atoms with van der Waals surface area (Å²) >= 11 is 0. The molecule has 0 aliphatic heterocycles. The van der Waals surface area contributed by atoms with Crippen LogP contribution in [-0.2, 0) is 16.1 Å². The molecule has 5 nitrogen and oxygen atoms in total. The predicted molar refractivity (Wildman–Crippen MR) is 93.9 cm³/mol. The van der Waals surface area contributed by atoms with Crippen molar-refractivity contribution in [3.63, 3.8) is 0 Å². The van der Waals surface area contributed by atoms with Crippen LogP contribution in [0.15, 0.2) is 54.6 Å². The second-order valence-corrected chi connectivity index (χ2v) is 5.28. The summed E-state index contributed by atoms with van der Waals surface area (Å²) < 4.78 is 5.09. The summed E-state index contributed by atoms with van der Waals surface area (Å²) in [5.74, 6) is 0.267. The number of hydrogen-bond donors (Lipinski definition) is 1.